The Kier molecular flexibility index (Phi) is 5.85. The minimum absolute atomic E-state index is 0.00118. The van der Waals surface area contributed by atoms with Crippen molar-refractivity contribution in [3.05, 3.63) is 32.4 Å². The summed E-state index contributed by atoms with van der Waals surface area (Å²) in [5, 5.41) is 4.29. The van der Waals surface area contributed by atoms with Crippen molar-refractivity contribution in [1.29, 1.82) is 0 Å². The molecule has 140 valence electrons. The molecule has 1 N–H and O–H groups in total. The van der Waals surface area contributed by atoms with E-state index in [4.69, 9.17) is 9.25 Å². The first-order valence-corrected chi connectivity index (χ1v) is 9.34. The molecule has 0 unspecified atom stereocenters. The molecule has 0 saturated heterocycles. The molecular weight excluding hydrogens is 334 g/mol. The van der Waals surface area contributed by atoms with E-state index in [1.54, 1.807) is 0 Å². The first kappa shape index (κ1) is 18.4. The average molecular weight is 359 g/mol. The fourth-order valence-corrected chi connectivity index (χ4v) is 3.11. The van der Waals surface area contributed by atoms with E-state index in [0.29, 0.717) is 23.3 Å². The van der Waals surface area contributed by atoms with Gasteiger partial charge in [0.25, 0.3) is 5.56 Å². The van der Waals surface area contributed by atoms with E-state index in [9.17, 15) is 9.59 Å². The van der Waals surface area contributed by atoms with Crippen molar-refractivity contribution in [2.75, 3.05) is 0 Å². The number of rotatable bonds is 8. The summed E-state index contributed by atoms with van der Waals surface area (Å²) in [4.78, 5) is 36.3. The Balaban J connectivity index is 1.85. The van der Waals surface area contributed by atoms with Crippen molar-refractivity contribution >= 4 is 16.8 Å². The third kappa shape index (κ3) is 4.39. The lowest BCUT2D eigenvalue weighted by atomic mass is 9.81. The van der Waals surface area contributed by atoms with E-state index in [1.165, 1.54) is 25.3 Å². The summed E-state index contributed by atoms with van der Waals surface area (Å²) >= 11 is 0. The van der Waals surface area contributed by atoms with Crippen molar-refractivity contribution < 1.29 is 9.25 Å². The van der Waals surface area contributed by atoms with Crippen LogP contribution in [0.5, 0.6) is 6.01 Å². The maximum Gasteiger partial charge on any atom is 0.337 e. The van der Waals surface area contributed by atoms with Crippen molar-refractivity contribution in [3.63, 3.8) is 0 Å². The van der Waals surface area contributed by atoms with Gasteiger partial charge in [-0.3, -0.25) is 9.78 Å². The molecule has 1 saturated carbocycles. The largest absolute Gasteiger partial charge is 0.403 e. The van der Waals surface area contributed by atoms with Gasteiger partial charge in [0.2, 0.25) is 5.71 Å². The molecule has 0 bridgehead atoms. The van der Waals surface area contributed by atoms with Gasteiger partial charge in [0, 0.05) is 6.07 Å². The Bertz CT molecular complexity index is 909. The summed E-state index contributed by atoms with van der Waals surface area (Å²) in [7, 11) is 0. The average Bonchev–Trinajstić information content (AvgIpc) is 2.56. The Morgan fingerprint density at radius 1 is 1.42 bits per heavy atom. The standard InChI is InChI=1S/C19H25N3O4/c1-3-4-6-12(2)22-26-19-20-17(24)16-14(10-9-13-7-5-8-13)11-15(23)25-18(16)21-19/h11,13H,3-10H2,1-2H3,(H,20,21,24)/b22-12+. The zero-order valence-corrected chi connectivity index (χ0v) is 15.3. The number of oxime groups is 1. The highest BCUT2D eigenvalue weighted by molar-refractivity contribution is 5.81. The normalized spacial score (nSPS) is 15.2. The van der Waals surface area contributed by atoms with Crippen LogP contribution in [0.15, 0.2) is 25.2 Å². The van der Waals surface area contributed by atoms with Gasteiger partial charge >= 0.3 is 11.6 Å². The zero-order valence-electron chi connectivity index (χ0n) is 15.3. The van der Waals surface area contributed by atoms with Gasteiger partial charge in [-0.2, -0.15) is 4.98 Å². The summed E-state index contributed by atoms with van der Waals surface area (Å²) in [5.74, 6) is 0.687. The van der Waals surface area contributed by atoms with E-state index in [2.05, 4.69) is 22.0 Å². The van der Waals surface area contributed by atoms with Crippen molar-refractivity contribution in [2.24, 2.45) is 11.1 Å². The first-order valence-electron chi connectivity index (χ1n) is 9.34. The van der Waals surface area contributed by atoms with Gasteiger partial charge in [-0.1, -0.05) is 37.8 Å². The second-order valence-electron chi connectivity index (χ2n) is 7.00. The quantitative estimate of drug-likeness (QED) is 0.574. The Labute approximate surface area is 151 Å². The number of fused-ring (bicyclic) bond motifs is 1. The van der Waals surface area contributed by atoms with Crippen molar-refractivity contribution in [1.82, 2.24) is 9.97 Å². The van der Waals surface area contributed by atoms with Gasteiger partial charge in [-0.15, -0.1) is 0 Å². The van der Waals surface area contributed by atoms with E-state index >= 15 is 0 Å². The smallest absolute Gasteiger partial charge is 0.337 e. The third-order valence-corrected chi connectivity index (χ3v) is 4.90. The lowest BCUT2D eigenvalue weighted by Gasteiger charge is -2.25. The predicted molar refractivity (Wildman–Crippen MR) is 99.8 cm³/mol. The van der Waals surface area contributed by atoms with Gasteiger partial charge in [-0.05, 0) is 44.1 Å². The van der Waals surface area contributed by atoms with E-state index < -0.39 is 5.63 Å². The van der Waals surface area contributed by atoms with Crippen LogP contribution in [-0.4, -0.2) is 15.7 Å². The molecule has 2 aromatic heterocycles. The fourth-order valence-electron chi connectivity index (χ4n) is 3.11. The molecule has 3 rings (SSSR count). The number of aromatic amines is 1. The lowest BCUT2D eigenvalue weighted by molar-refractivity contribution is 0.296. The van der Waals surface area contributed by atoms with Crippen LogP contribution in [0.2, 0.25) is 0 Å². The van der Waals surface area contributed by atoms with Crippen LogP contribution in [0.1, 0.15) is 64.4 Å². The number of unbranched alkanes of at least 4 members (excludes halogenated alkanes) is 1. The molecule has 1 aliphatic rings. The van der Waals surface area contributed by atoms with E-state index in [-0.39, 0.29) is 17.3 Å². The summed E-state index contributed by atoms with van der Waals surface area (Å²) in [5.41, 5.74) is 0.615. The van der Waals surface area contributed by atoms with Gasteiger partial charge in [0.1, 0.15) is 5.39 Å². The topological polar surface area (TPSA) is 97.5 Å². The third-order valence-electron chi connectivity index (χ3n) is 4.90. The monoisotopic (exact) mass is 359 g/mol. The SMILES string of the molecule is CCCC/C(C)=N/Oc1nc2oc(=O)cc(CCC3CCC3)c2c(=O)[nH]1. The van der Waals surface area contributed by atoms with Crippen LogP contribution in [-0.2, 0) is 6.42 Å². The minimum atomic E-state index is -0.507. The Hall–Kier alpha value is -2.44. The summed E-state index contributed by atoms with van der Waals surface area (Å²) < 4.78 is 5.13. The van der Waals surface area contributed by atoms with E-state index in [1.807, 2.05) is 6.92 Å². The Morgan fingerprint density at radius 2 is 2.23 bits per heavy atom. The molecule has 7 nitrogen and oxygen atoms in total. The van der Waals surface area contributed by atoms with Gasteiger partial charge in [0.15, 0.2) is 0 Å². The molecule has 0 aromatic carbocycles. The van der Waals surface area contributed by atoms with Gasteiger partial charge in [0.05, 0.1) is 5.71 Å². The molecule has 2 heterocycles. The molecule has 0 spiro atoms. The highest BCUT2D eigenvalue weighted by atomic mass is 16.6. The van der Waals surface area contributed by atoms with Crippen LogP contribution in [0, 0.1) is 5.92 Å². The zero-order chi connectivity index (χ0) is 18.5. The minimum Gasteiger partial charge on any atom is -0.403 e. The molecule has 0 atom stereocenters. The van der Waals surface area contributed by atoms with Gasteiger partial charge in [-0.25, -0.2) is 4.79 Å². The molecule has 1 aliphatic carbocycles. The number of hydrogen-bond donors (Lipinski definition) is 1. The van der Waals surface area contributed by atoms with Crippen molar-refractivity contribution in [3.8, 4) is 6.01 Å². The molecule has 0 amide bonds. The number of aryl methyl sites for hydroxylation is 1. The molecule has 0 aliphatic heterocycles. The fraction of sp³-hybridized carbons (Fsp3) is 0.579. The highest BCUT2D eigenvalue weighted by Gasteiger charge is 2.19. The molecular formula is C19H25N3O4. The molecule has 7 heteroatoms. The number of aromatic nitrogens is 2. The number of H-pyrrole nitrogens is 1. The number of nitrogens with one attached hydrogen (secondary N) is 1. The Morgan fingerprint density at radius 3 is 2.92 bits per heavy atom. The predicted octanol–water partition coefficient (Wildman–Crippen LogP) is 3.55. The maximum absolute atomic E-state index is 12.5. The highest BCUT2D eigenvalue weighted by Crippen LogP contribution is 2.31. The second-order valence-corrected chi connectivity index (χ2v) is 7.00. The number of nitrogens with zero attached hydrogens (tertiary/aromatic N) is 2. The van der Waals surface area contributed by atoms with Crippen LogP contribution < -0.4 is 16.0 Å². The van der Waals surface area contributed by atoms with E-state index in [0.717, 1.165) is 31.4 Å². The lowest BCUT2D eigenvalue weighted by Crippen LogP contribution is -2.16. The van der Waals surface area contributed by atoms with Crippen LogP contribution >= 0.6 is 0 Å². The molecule has 1 fully saturated rings. The van der Waals surface area contributed by atoms with Crippen LogP contribution in [0.4, 0.5) is 0 Å². The number of hydrogen-bond acceptors (Lipinski definition) is 6. The maximum atomic E-state index is 12.5. The first-order chi connectivity index (χ1) is 12.6. The van der Waals surface area contributed by atoms with Gasteiger partial charge < -0.3 is 9.25 Å². The summed E-state index contributed by atoms with van der Waals surface area (Å²) in [6.07, 6.45) is 8.25. The molecule has 2 aromatic rings. The molecule has 0 radical (unpaired) electrons. The van der Waals surface area contributed by atoms with Crippen LogP contribution in [0.25, 0.3) is 11.1 Å². The van der Waals surface area contributed by atoms with Crippen molar-refractivity contribution in [2.45, 2.75) is 65.2 Å². The summed E-state index contributed by atoms with van der Waals surface area (Å²) in [6.45, 7) is 3.95. The second kappa shape index (κ2) is 8.29. The molecule has 26 heavy (non-hydrogen) atoms. The van der Waals surface area contributed by atoms with Crippen LogP contribution in [0.3, 0.4) is 0 Å². The summed E-state index contributed by atoms with van der Waals surface area (Å²) in [6, 6.07) is 1.32.